The largest absolute Gasteiger partial charge is 0.497 e. The first-order chi connectivity index (χ1) is 36.1. The molecule has 3 aliphatic rings. The van der Waals surface area contributed by atoms with E-state index in [4.69, 9.17) is 46.3 Å². The van der Waals surface area contributed by atoms with Crippen LogP contribution in [0, 0.1) is 18.3 Å². The van der Waals surface area contributed by atoms with Crippen molar-refractivity contribution in [3.63, 3.8) is 0 Å². The molecule has 8 rings (SSSR count). The van der Waals surface area contributed by atoms with Crippen molar-refractivity contribution in [1.29, 1.82) is 5.26 Å². The second-order valence-electron chi connectivity index (χ2n) is 18.9. The second-order valence-corrected chi connectivity index (χ2v) is 21.9. The van der Waals surface area contributed by atoms with Gasteiger partial charge in [-0.2, -0.15) is 5.26 Å². The van der Waals surface area contributed by atoms with Gasteiger partial charge in [0.2, 0.25) is 0 Å². The number of aryl methyl sites for hydroxylation is 2. The Morgan fingerprint density at radius 2 is 1.39 bits per heavy atom. The van der Waals surface area contributed by atoms with Gasteiger partial charge in [0.15, 0.2) is 0 Å². The van der Waals surface area contributed by atoms with Gasteiger partial charge < -0.3 is 32.7 Å². The van der Waals surface area contributed by atoms with Crippen LogP contribution < -0.4 is 32.0 Å². The number of hydrogen-bond acceptors (Lipinski definition) is 17. The molecule has 2 unspecified atom stereocenters. The van der Waals surface area contributed by atoms with E-state index in [0.717, 1.165) is 16.7 Å². The Balaban J connectivity index is 1.17. The molecule has 0 saturated carbocycles. The van der Waals surface area contributed by atoms with Gasteiger partial charge in [-0.3, -0.25) is 42.3 Å². The summed E-state index contributed by atoms with van der Waals surface area (Å²) in [6.45, 7) is 8.74. The van der Waals surface area contributed by atoms with Crippen molar-refractivity contribution in [3.8, 4) is 17.6 Å². The number of phosphoric ester groups is 1. The molecule has 0 spiro atoms. The summed E-state index contributed by atoms with van der Waals surface area (Å²) >= 11 is 0. The first-order valence-electron chi connectivity index (χ1n) is 24.8. The van der Waals surface area contributed by atoms with Crippen LogP contribution in [0.25, 0.3) is 0 Å². The maximum Gasteiger partial charge on any atom is 0.475 e. The number of ether oxygens (including phenoxy) is 5. The third-order valence-electron chi connectivity index (χ3n) is 13.2. The van der Waals surface area contributed by atoms with E-state index in [1.165, 1.54) is 21.5 Å². The Morgan fingerprint density at radius 3 is 2.00 bits per heavy atom. The number of aromatic amines is 2. The van der Waals surface area contributed by atoms with E-state index in [1.54, 1.807) is 21.1 Å². The van der Waals surface area contributed by atoms with E-state index >= 15 is 4.57 Å². The van der Waals surface area contributed by atoms with E-state index in [2.05, 4.69) is 16.0 Å². The number of nitrogens with zero attached hydrogens (tertiary/aromatic N) is 4. The average molecular weight is 1080 g/mol. The minimum absolute atomic E-state index is 0.0502. The number of rotatable bonds is 19. The van der Waals surface area contributed by atoms with Gasteiger partial charge in [-0.05, 0) is 88.4 Å². The molecule has 0 radical (unpaired) electrons. The van der Waals surface area contributed by atoms with Crippen LogP contribution in [0.1, 0.15) is 93.7 Å². The molecule has 2 saturated heterocycles. The van der Waals surface area contributed by atoms with E-state index in [1.807, 2.05) is 111 Å². The summed E-state index contributed by atoms with van der Waals surface area (Å²) in [5, 5.41) is 9.38. The van der Waals surface area contributed by atoms with Gasteiger partial charge in [-0.15, -0.1) is 0 Å². The lowest BCUT2D eigenvalue weighted by Crippen LogP contribution is -2.38. The minimum Gasteiger partial charge on any atom is -0.497 e. The molecule has 23 heteroatoms. The summed E-state index contributed by atoms with van der Waals surface area (Å²) in [4.78, 5) is 57.3. The van der Waals surface area contributed by atoms with Gasteiger partial charge >= 0.3 is 19.2 Å². The van der Waals surface area contributed by atoms with Crippen molar-refractivity contribution in [2.45, 2.75) is 121 Å². The number of nitriles is 1. The Morgan fingerprint density at radius 1 is 0.800 bits per heavy atom. The van der Waals surface area contributed by atoms with Gasteiger partial charge in [0.1, 0.15) is 47.9 Å². The van der Waals surface area contributed by atoms with Crippen molar-refractivity contribution in [2.24, 2.45) is 0 Å². The number of phosphoric acid groups is 1. The Kier molecular flexibility index (Phi) is 18.2. The molecule has 75 heavy (non-hydrogen) atoms. The maximum absolute atomic E-state index is 15.4. The van der Waals surface area contributed by atoms with E-state index in [-0.39, 0.29) is 75.1 Å². The van der Waals surface area contributed by atoms with E-state index < -0.39 is 87.9 Å². The molecule has 2 fully saturated rings. The van der Waals surface area contributed by atoms with Gasteiger partial charge in [0, 0.05) is 48.4 Å². The summed E-state index contributed by atoms with van der Waals surface area (Å²) in [7, 11) is -3.39. The fourth-order valence-electron chi connectivity index (χ4n) is 9.54. The third-order valence-corrected chi connectivity index (χ3v) is 16.8. The molecule has 2 aromatic heterocycles. The zero-order valence-electron chi connectivity index (χ0n) is 43.0. The first-order valence-corrected chi connectivity index (χ1v) is 27.4. The highest BCUT2D eigenvalue weighted by Gasteiger charge is 2.48. The van der Waals surface area contributed by atoms with Crippen molar-refractivity contribution in [3.05, 3.63) is 161 Å². The molecule has 0 amide bonds. The van der Waals surface area contributed by atoms with Crippen molar-refractivity contribution >= 4 is 16.3 Å². The summed E-state index contributed by atoms with van der Waals surface area (Å²) in [5.74, 6) is 1.24. The molecule has 5 heterocycles. The number of aromatic nitrogens is 4. The summed E-state index contributed by atoms with van der Waals surface area (Å²) in [6.07, 6.45) is -2.92. The zero-order valence-corrected chi connectivity index (χ0v) is 44.7. The van der Waals surface area contributed by atoms with Crippen LogP contribution in [0.15, 0.2) is 110 Å². The van der Waals surface area contributed by atoms with Crippen LogP contribution >= 0.6 is 16.3 Å². The van der Waals surface area contributed by atoms with E-state index in [9.17, 15) is 24.4 Å². The minimum atomic E-state index is -4.71. The van der Waals surface area contributed by atoms with Crippen LogP contribution in [0.2, 0.25) is 0 Å². The number of H-pyrrole nitrogens is 2. The first kappa shape index (κ1) is 55.6. The summed E-state index contributed by atoms with van der Waals surface area (Å²) < 4.78 is 83.5. The molecular weight excluding hydrogens is 1010 g/mol. The lowest BCUT2D eigenvalue weighted by molar-refractivity contribution is -0.0960. The van der Waals surface area contributed by atoms with Crippen LogP contribution in [-0.2, 0) is 53.4 Å². The predicted octanol–water partition coefficient (Wildman–Crippen LogP) is 7.13. The zero-order chi connectivity index (χ0) is 53.4. The van der Waals surface area contributed by atoms with Crippen molar-refractivity contribution in [2.75, 3.05) is 40.6 Å². The molecule has 21 nitrogen and oxygen atoms in total. The van der Waals surface area contributed by atoms with Gasteiger partial charge in [0.05, 0.1) is 59.2 Å². The average Bonchev–Trinajstić information content (AvgIpc) is 4.00. The molecule has 2 N–H and O–H groups in total. The van der Waals surface area contributed by atoms with Gasteiger partial charge in [0.25, 0.3) is 19.6 Å². The fraction of sp³-hybridized carbons (Fsp3) is 0.481. The van der Waals surface area contributed by atoms with Gasteiger partial charge in [-0.25, -0.2) is 18.8 Å². The molecule has 0 aliphatic carbocycles. The molecule has 402 valence electrons. The predicted molar refractivity (Wildman–Crippen MR) is 275 cm³/mol. The highest BCUT2D eigenvalue weighted by atomic mass is 31.2. The standard InChI is InChI=1S/C52H64N6O15P2/c1-33(2)58(34(3)4)74(67-25-12-24-53)72-42-27-46-57-30-36(49(60)55-51(57)62)13-11-26-68-75(63,69-32-45(42)71-46)73-43-28-47(56-29-35(5)48(59)54-50(56)61)70-44(43)31-66-52(37-14-9-8-10-15-37,38-16-20-40(64-6)21-17-38)39-18-22-41(65-7)23-19-39/h8-10,14-23,29-30,33-34,42-47H,11-13,25-28,31-32H2,1-7H3,(H,54,59,61)(H,55,60,62)/t42-,43-,44+,45+,46+,47+,74?,75?/m0/s1. The Bertz CT molecular complexity index is 3000. The van der Waals surface area contributed by atoms with Crippen LogP contribution in [0.5, 0.6) is 11.5 Å². The smallest absolute Gasteiger partial charge is 0.475 e. The monoisotopic (exact) mass is 1070 g/mol. The maximum atomic E-state index is 15.4. The number of nitrogens with one attached hydrogen (secondary N) is 2. The molecule has 3 aromatic carbocycles. The lowest BCUT2D eigenvalue weighted by Gasteiger charge is -2.37. The number of fused-ring (bicyclic) bond motifs is 5. The normalized spacial score (nSPS) is 23.6. The summed E-state index contributed by atoms with van der Waals surface area (Å²) in [6, 6.07) is 26.5. The Hall–Kier alpha value is -5.59. The summed E-state index contributed by atoms with van der Waals surface area (Å²) in [5.41, 5.74) is -1.24. The molecule has 5 aromatic rings. The molecule has 4 bridgehead atoms. The lowest BCUT2D eigenvalue weighted by atomic mass is 9.80. The van der Waals surface area contributed by atoms with Crippen molar-refractivity contribution < 1.29 is 50.9 Å². The van der Waals surface area contributed by atoms with E-state index in [0.29, 0.717) is 11.5 Å². The molecule has 3 aliphatic heterocycles. The quantitative estimate of drug-likeness (QED) is 0.0474. The fourth-order valence-corrected chi connectivity index (χ4v) is 12.7. The van der Waals surface area contributed by atoms with Crippen molar-refractivity contribution in [1.82, 2.24) is 23.8 Å². The van der Waals surface area contributed by atoms with Crippen LogP contribution in [-0.4, -0.2) is 101 Å². The number of hydrogen-bond donors (Lipinski definition) is 2. The van der Waals surface area contributed by atoms with Crippen LogP contribution in [0.4, 0.5) is 0 Å². The highest BCUT2D eigenvalue weighted by Crippen LogP contribution is 2.55. The number of methoxy groups -OCH3 is 2. The molecule has 8 atom stereocenters. The topological polar surface area (TPSA) is 246 Å². The van der Waals surface area contributed by atoms with Gasteiger partial charge in [-0.1, -0.05) is 54.6 Å². The Labute approximate surface area is 435 Å². The highest BCUT2D eigenvalue weighted by molar-refractivity contribution is 7.48. The number of benzene rings is 3. The molecular formula is C52H64N6O15P2. The SMILES string of the molecule is COc1ccc(C(OC[C@H]2O[C@@H](n3cc(C)c(=O)[nH]c3=O)C[C@@H]2OP2(=O)OCCCc3cn(c(=O)[nH]c3=O)[C@H]3C[C@H](OP(OCCC#N)N(C(C)C)C(C)C)[C@@H](CO2)O3)(c2ccccc2)c2ccc(OC)cc2)cc1. The third kappa shape index (κ3) is 12.7. The van der Waals surface area contributed by atoms with Crippen LogP contribution in [0.3, 0.4) is 0 Å². The second kappa shape index (κ2) is 24.6.